The van der Waals surface area contributed by atoms with E-state index in [1.54, 1.807) is 18.3 Å². The van der Waals surface area contributed by atoms with Crippen molar-refractivity contribution in [1.82, 2.24) is 9.73 Å². The van der Waals surface area contributed by atoms with Crippen LogP contribution in [0.25, 0.3) is 0 Å². The van der Waals surface area contributed by atoms with Crippen molar-refractivity contribution in [3.05, 3.63) is 71.4 Å². The molecule has 0 aliphatic carbocycles. The summed E-state index contributed by atoms with van der Waals surface area (Å²) in [4.78, 5) is 14.9. The average Bonchev–Trinajstić information content (AvgIpc) is 3.02. The number of para-hydroxylation sites is 1. The van der Waals surface area contributed by atoms with Gasteiger partial charge in [0, 0.05) is 48.7 Å². The van der Waals surface area contributed by atoms with Crippen LogP contribution in [0, 0.1) is 0 Å². The van der Waals surface area contributed by atoms with Gasteiger partial charge in [0.25, 0.3) is 5.91 Å². The molecule has 174 valence electrons. The van der Waals surface area contributed by atoms with Crippen LogP contribution in [-0.4, -0.2) is 45.0 Å². The molecule has 0 unspecified atom stereocenters. The second kappa shape index (κ2) is 9.11. The lowest BCUT2D eigenvalue weighted by Gasteiger charge is -2.25. The van der Waals surface area contributed by atoms with Crippen molar-refractivity contribution in [1.29, 1.82) is 0 Å². The van der Waals surface area contributed by atoms with Gasteiger partial charge in [0.1, 0.15) is 0 Å². The fourth-order valence-corrected chi connectivity index (χ4v) is 6.19. The highest BCUT2D eigenvalue weighted by molar-refractivity contribution is 7.89. The number of sulfonamides is 1. The molecule has 0 spiro atoms. The zero-order chi connectivity index (χ0) is 23.6. The van der Waals surface area contributed by atoms with Crippen molar-refractivity contribution >= 4 is 27.8 Å². The number of benzene rings is 2. The van der Waals surface area contributed by atoms with E-state index >= 15 is 0 Å². The summed E-state index contributed by atoms with van der Waals surface area (Å²) in [6.07, 6.45) is 6.21. The zero-order valence-corrected chi connectivity index (χ0v) is 20.1. The number of carbonyl (C=O) groups is 1. The molecule has 1 fully saturated rings. The lowest BCUT2D eigenvalue weighted by molar-refractivity contribution is 0.0955. The first-order chi connectivity index (χ1) is 15.7. The number of likely N-dealkylation sites (N-methyl/N-ethyl adjacent to an activating group) is 1. The quantitative estimate of drug-likeness (QED) is 0.535. The number of carbonyl (C=O) groups excluding carboxylic acids is 1. The molecular weight excluding hydrogens is 436 g/mol. The fraction of sp³-hybridized carbons (Fsp3) is 0.360. The van der Waals surface area contributed by atoms with Gasteiger partial charge in [0.15, 0.2) is 0 Å². The normalized spacial score (nSPS) is 19.7. The van der Waals surface area contributed by atoms with E-state index in [2.05, 4.69) is 41.4 Å². The Bertz CT molecular complexity index is 1210. The van der Waals surface area contributed by atoms with Crippen LogP contribution in [0.5, 0.6) is 0 Å². The van der Waals surface area contributed by atoms with E-state index in [9.17, 15) is 13.2 Å². The number of rotatable bonds is 5. The molecule has 2 aromatic rings. The Hall–Kier alpha value is -2.97. The summed E-state index contributed by atoms with van der Waals surface area (Å²) in [7, 11) is -1.59. The number of hydrazone groups is 1. The summed E-state index contributed by atoms with van der Waals surface area (Å²) >= 11 is 0. The van der Waals surface area contributed by atoms with E-state index in [0.29, 0.717) is 13.1 Å². The predicted molar refractivity (Wildman–Crippen MR) is 131 cm³/mol. The van der Waals surface area contributed by atoms with Crippen LogP contribution in [0.1, 0.15) is 49.0 Å². The van der Waals surface area contributed by atoms with Crippen molar-refractivity contribution < 1.29 is 13.2 Å². The van der Waals surface area contributed by atoms with E-state index in [1.165, 1.54) is 22.0 Å². The SMILES string of the molecule is CN1C(=CC=NNC(=O)c2cccc(S(=O)(=O)N3CCCCC3)c2)C(C)(C)c2ccccc21. The van der Waals surface area contributed by atoms with Crippen LogP contribution in [0.2, 0.25) is 0 Å². The second-order valence-corrected chi connectivity index (χ2v) is 10.9. The molecule has 0 atom stereocenters. The van der Waals surface area contributed by atoms with E-state index in [-0.39, 0.29) is 15.9 Å². The highest BCUT2D eigenvalue weighted by Gasteiger charge is 2.37. The maximum atomic E-state index is 12.9. The van der Waals surface area contributed by atoms with E-state index in [4.69, 9.17) is 0 Å². The third kappa shape index (κ3) is 4.45. The summed E-state index contributed by atoms with van der Waals surface area (Å²) in [6.45, 7) is 5.35. The summed E-state index contributed by atoms with van der Waals surface area (Å²) < 4.78 is 27.3. The molecule has 7 nitrogen and oxygen atoms in total. The van der Waals surface area contributed by atoms with E-state index in [1.807, 2.05) is 25.3 Å². The second-order valence-electron chi connectivity index (χ2n) is 8.96. The van der Waals surface area contributed by atoms with Gasteiger partial charge in [0.05, 0.1) is 4.90 Å². The summed E-state index contributed by atoms with van der Waals surface area (Å²) in [6, 6.07) is 14.4. The number of amides is 1. The van der Waals surface area contributed by atoms with Crippen LogP contribution in [0.4, 0.5) is 5.69 Å². The van der Waals surface area contributed by atoms with Gasteiger partial charge in [-0.1, -0.05) is 44.5 Å². The average molecular weight is 467 g/mol. The van der Waals surface area contributed by atoms with Crippen molar-refractivity contribution in [2.45, 2.75) is 43.4 Å². The van der Waals surface area contributed by atoms with Crippen LogP contribution in [0.3, 0.4) is 0 Å². The van der Waals surface area contributed by atoms with Crippen molar-refractivity contribution in [3.8, 4) is 0 Å². The molecule has 0 aromatic heterocycles. The van der Waals surface area contributed by atoms with E-state index in [0.717, 1.165) is 30.6 Å². The van der Waals surface area contributed by atoms with Crippen LogP contribution in [0.15, 0.2) is 70.3 Å². The number of hydrogen-bond acceptors (Lipinski definition) is 5. The van der Waals surface area contributed by atoms with E-state index < -0.39 is 15.9 Å². The molecule has 0 radical (unpaired) electrons. The molecular formula is C25H30N4O3S. The summed E-state index contributed by atoms with van der Waals surface area (Å²) in [5, 5.41) is 4.07. The lowest BCUT2D eigenvalue weighted by atomic mass is 9.84. The number of hydrogen-bond donors (Lipinski definition) is 1. The Morgan fingerprint density at radius 2 is 1.79 bits per heavy atom. The molecule has 1 N–H and O–H groups in total. The predicted octanol–water partition coefficient (Wildman–Crippen LogP) is 3.89. The summed E-state index contributed by atoms with van der Waals surface area (Å²) in [5.41, 5.74) is 6.03. The maximum Gasteiger partial charge on any atom is 0.271 e. The molecule has 2 aliphatic rings. The Kier molecular flexibility index (Phi) is 6.41. The first kappa shape index (κ1) is 23.2. The fourth-order valence-electron chi connectivity index (χ4n) is 4.62. The molecule has 4 rings (SSSR count). The van der Waals surface area contributed by atoms with Gasteiger partial charge in [-0.05, 0) is 48.7 Å². The Labute approximate surface area is 195 Å². The minimum Gasteiger partial charge on any atom is -0.347 e. The van der Waals surface area contributed by atoms with Crippen LogP contribution < -0.4 is 10.3 Å². The molecule has 2 heterocycles. The molecule has 2 aliphatic heterocycles. The van der Waals surface area contributed by atoms with Gasteiger partial charge >= 0.3 is 0 Å². The first-order valence-electron chi connectivity index (χ1n) is 11.2. The van der Waals surface area contributed by atoms with Crippen molar-refractivity contribution in [3.63, 3.8) is 0 Å². The topological polar surface area (TPSA) is 82.1 Å². The van der Waals surface area contributed by atoms with Gasteiger partial charge < -0.3 is 4.90 Å². The van der Waals surface area contributed by atoms with Gasteiger partial charge in [-0.2, -0.15) is 9.41 Å². The largest absolute Gasteiger partial charge is 0.347 e. The van der Waals surface area contributed by atoms with Gasteiger partial charge in [-0.15, -0.1) is 0 Å². The molecule has 1 amide bonds. The highest BCUT2D eigenvalue weighted by Crippen LogP contribution is 2.46. The third-order valence-corrected chi connectivity index (χ3v) is 8.36. The Morgan fingerprint density at radius 3 is 2.52 bits per heavy atom. The van der Waals surface area contributed by atoms with Crippen molar-refractivity contribution in [2.75, 3.05) is 25.0 Å². The third-order valence-electron chi connectivity index (χ3n) is 6.46. The van der Waals surface area contributed by atoms with Gasteiger partial charge in [0.2, 0.25) is 10.0 Å². The molecule has 8 heteroatoms. The van der Waals surface area contributed by atoms with Gasteiger partial charge in [-0.3, -0.25) is 4.79 Å². The number of nitrogens with one attached hydrogen (secondary N) is 1. The Morgan fingerprint density at radius 1 is 1.06 bits per heavy atom. The molecule has 0 bridgehead atoms. The number of anilines is 1. The number of allylic oxidation sites excluding steroid dienone is 2. The zero-order valence-electron chi connectivity index (χ0n) is 19.3. The minimum atomic E-state index is -3.60. The highest BCUT2D eigenvalue weighted by atomic mass is 32.2. The summed E-state index contributed by atoms with van der Waals surface area (Å²) in [5.74, 6) is -0.456. The monoisotopic (exact) mass is 466 g/mol. The number of fused-ring (bicyclic) bond motifs is 1. The number of piperidine rings is 1. The van der Waals surface area contributed by atoms with Crippen molar-refractivity contribution in [2.24, 2.45) is 5.10 Å². The molecule has 0 saturated carbocycles. The molecule has 2 aromatic carbocycles. The number of nitrogens with zero attached hydrogens (tertiary/aromatic N) is 3. The van der Waals surface area contributed by atoms with Crippen LogP contribution in [-0.2, 0) is 15.4 Å². The Balaban J connectivity index is 1.46. The standard InChI is InChI=1S/C25H30N4O3S/c1-25(2)21-12-5-6-13-22(21)28(3)23(25)14-15-26-27-24(30)19-10-9-11-20(18-19)33(31,32)29-16-7-4-8-17-29/h5-6,9-15,18H,4,7-8,16-17H2,1-3H3,(H,27,30). The molecule has 33 heavy (non-hydrogen) atoms. The lowest BCUT2D eigenvalue weighted by Crippen LogP contribution is -2.35. The molecule has 1 saturated heterocycles. The first-order valence-corrected chi connectivity index (χ1v) is 12.6. The maximum absolute atomic E-state index is 12.9. The van der Waals surface area contributed by atoms with Crippen LogP contribution >= 0.6 is 0 Å². The minimum absolute atomic E-state index is 0.134. The van der Waals surface area contributed by atoms with Gasteiger partial charge in [-0.25, -0.2) is 13.8 Å². The smallest absolute Gasteiger partial charge is 0.271 e.